The molecule has 1 atom stereocenters. The van der Waals surface area contributed by atoms with Crippen LogP contribution in [-0.4, -0.2) is 48.8 Å². The average molecular weight is 266 g/mol. The molecule has 1 saturated heterocycles. The summed E-state index contributed by atoms with van der Waals surface area (Å²) in [5.74, 6) is 0.296. The van der Waals surface area contributed by atoms with Crippen molar-refractivity contribution < 1.29 is 14.4 Å². The van der Waals surface area contributed by atoms with Gasteiger partial charge in [0.2, 0.25) is 0 Å². The lowest BCUT2D eigenvalue weighted by Crippen LogP contribution is -2.44. The number of benzene rings is 1. The molecule has 6 heteroatoms. The molecule has 1 aliphatic heterocycles. The summed E-state index contributed by atoms with van der Waals surface area (Å²) in [6, 6.07) is 6.40. The maximum atomic E-state index is 10.9. The highest BCUT2D eigenvalue weighted by atomic mass is 16.6. The molecule has 0 aromatic heterocycles. The summed E-state index contributed by atoms with van der Waals surface area (Å²) in [6.45, 7) is 5.83. The molecule has 0 saturated carbocycles. The van der Waals surface area contributed by atoms with Crippen LogP contribution < -0.4 is 4.74 Å². The molecule has 0 bridgehead atoms. The fraction of sp³-hybridized carbons (Fsp3) is 0.538. The van der Waals surface area contributed by atoms with Crippen molar-refractivity contribution in [1.29, 1.82) is 0 Å². The molecular formula is C13H18N2O4. The summed E-state index contributed by atoms with van der Waals surface area (Å²) in [7, 11) is 0. The number of nitro benzene ring substituents is 1. The lowest BCUT2D eigenvalue weighted by Gasteiger charge is -2.31. The van der Waals surface area contributed by atoms with E-state index >= 15 is 0 Å². The van der Waals surface area contributed by atoms with Crippen molar-refractivity contribution in [2.45, 2.75) is 13.0 Å². The van der Waals surface area contributed by atoms with Crippen molar-refractivity contribution in [3.8, 4) is 5.75 Å². The third-order valence-corrected chi connectivity index (χ3v) is 3.16. The third-order valence-electron chi connectivity index (χ3n) is 3.16. The lowest BCUT2D eigenvalue weighted by molar-refractivity contribution is -0.385. The molecule has 0 N–H and O–H groups in total. The van der Waals surface area contributed by atoms with Crippen LogP contribution in [0.25, 0.3) is 0 Å². The Labute approximate surface area is 112 Å². The zero-order valence-corrected chi connectivity index (χ0v) is 10.9. The van der Waals surface area contributed by atoms with Gasteiger partial charge >= 0.3 is 5.69 Å². The van der Waals surface area contributed by atoms with Crippen molar-refractivity contribution in [1.82, 2.24) is 4.90 Å². The summed E-state index contributed by atoms with van der Waals surface area (Å²) in [5.41, 5.74) is -0.00865. The minimum Gasteiger partial charge on any atom is -0.484 e. The quantitative estimate of drug-likeness (QED) is 0.599. The van der Waals surface area contributed by atoms with Crippen LogP contribution in [0.2, 0.25) is 0 Å². The number of morpholine rings is 1. The van der Waals surface area contributed by atoms with E-state index in [1.54, 1.807) is 18.2 Å². The van der Waals surface area contributed by atoms with Crippen LogP contribution in [0.5, 0.6) is 5.75 Å². The molecule has 1 aromatic carbocycles. The zero-order valence-electron chi connectivity index (χ0n) is 10.9. The average Bonchev–Trinajstić information content (AvgIpc) is 2.45. The maximum Gasteiger partial charge on any atom is 0.310 e. The topological polar surface area (TPSA) is 64.8 Å². The predicted molar refractivity (Wildman–Crippen MR) is 70.4 cm³/mol. The van der Waals surface area contributed by atoms with Crippen LogP contribution in [0.1, 0.15) is 6.92 Å². The molecule has 1 unspecified atom stereocenters. The normalized spacial score (nSPS) is 20.2. The van der Waals surface area contributed by atoms with Gasteiger partial charge in [0.1, 0.15) is 12.7 Å². The van der Waals surface area contributed by atoms with Gasteiger partial charge in [-0.1, -0.05) is 19.1 Å². The van der Waals surface area contributed by atoms with E-state index in [9.17, 15) is 10.1 Å². The number of nitrogens with zero attached hydrogens (tertiary/aromatic N) is 2. The number of para-hydroxylation sites is 2. The van der Waals surface area contributed by atoms with E-state index in [-0.39, 0.29) is 11.8 Å². The van der Waals surface area contributed by atoms with Crippen LogP contribution in [0.15, 0.2) is 24.3 Å². The Bertz CT molecular complexity index is 438. The molecule has 2 rings (SSSR count). The van der Waals surface area contributed by atoms with E-state index in [1.807, 2.05) is 0 Å². The number of nitro groups is 1. The Hall–Kier alpha value is -1.66. The van der Waals surface area contributed by atoms with E-state index < -0.39 is 4.92 Å². The van der Waals surface area contributed by atoms with Gasteiger partial charge in [0.05, 0.1) is 11.5 Å². The van der Waals surface area contributed by atoms with Crippen molar-refractivity contribution in [3.05, 3.63) is 34.4 Å². The number of rotatable bonds is 5. The second-order valence-corrected chi connectivity index (χ2v) is 4.42. The molecule has 1 aliphatic rings. The Kier molecular flexibility index (Phi) is 4.70. The largest absolute Gasteiger partial charge is 0.484 e. The fourth-order valence-electron chi connectivity index (χ4n) is 2.08. The van der Waals surface area contributed by atoms with Gasteiger partial charge in [-0.2, -0.15) is 0 Å². The first kappa shape index (κ1) is 13.8. The van der Waals surface area contributed by atoms with Gasteiger partial charge in [0.25, 0.3) is 0 Å². The Morgan fingerprint density at radius 3 is 3.05 bits per heavy atom. The van der Waals surface area contributed by atoms with Gasteiger partial charge in [0, 0.05) is 19.2 Å². The molecule has 0 aliphatic carbocycles. The minimum atomic E-state index is -0.435. The molecule has 0 amide bonds. The number of hydrogen-bond acceptors (Lipinski definition) is 5. The highest BCUT2D eigenvalue weighted by molar-refractivity contribution is 5.45. The highest BCUT2D eigenvalue weighted by Crippen LogP contribution is 2.26. The smallest absolute Gasteiger partial charge is 0.310 e. The molecule has 104 valence electrons. The van der Waals surface area contributed by atoms with Crippen molar-refractivity contribution in [2.75, 3.05) is 32.8 Å². The van der Waals surface area contributed by atoms with Gasteiger partial charge in [-0.3, -0.25) is 15.0 Å². The zero-order chi connectivity index (χ0) is 13.7. The third kappa shape index (κ3) is 3.65. The summed E-state index contributed by atoms with van der Waals surface area (Å²) >= 11 is 0. The van der Waals surface area contributed by atoms with Crippen LogP contribution in [0, 0.1) is 10.1 Å². The maximum absolute atomic E-state index is 10.9. The molecule has 0 radical (unpaired) electrons. The number of hydrogen-bond donors (Lipinski definition) is 0. The number of ether oxygens (including phenoxy) is 2. The molecule has 0 spiro atoms. The van der Waals surface area contributed by atoms with Gasteiger partial charge < -0.3 is 9.47 Å². The second kappa shape index (κ2) is 6.49. The second-order valence-electron chi connectivity index (χ2n) is 4.42. The van der Waals surface area contributed by atoms with Gasteiger partial charge in [-0.25, -0.2) is 0 Å². The Morgan fingerprint density at radius 1 is 1.53 bits per heavy atom. The molecule has 6 nitrogen and oxygen atoms in total. The van der Waals surface area contributed by atoms with E-state index in [0.29, 0.717) is 19.0 Å². The first-order valence-electron chi connectivity index (χ1n) is 6.41. The molecule has 1 heterocycles. The van der Waals surface area contributed by atoms with Crippen molar-refractivity contribution >= 4 is 5.69 Å². The Morgan fingerprint density at radius 2 is 2.32 bits per heavy atom. The summed E-state index contributed by atoms with van der Waals surface area (Å²) in [5, 5.41) is 10.9. The van der Waals surface area contributed by atoms with Gasteiger partial charge in [-0.05, 0) is 12.6 Å². The van der Waals surface area contributed by atoms with Gasteiger partial charge in [0.15, 0.2) is 5.75 Å². The summed E-state index contributed by atoms with van der Waals surface area (Å²) in [6.07, 6.45) is -0.0338. The SMILES string of the molecule is CCN1CCOC(COc2ccccc2[N+](=O)[O-])C1. The van der Waals surface area contributed by atoms with Crippen molar-refractivity contribution in [3.63, 3.8) is 0 Å². The minimum absolute atomic E-state index is 0.00865. The molecule has 1 fully saturated rings. The predicted octanol–water partition coefficient (Wildman–Crippen LogP) is 1.69. The summed E-state index contributed by atoms with van der Waals surface area (Å²) in [4.78, 5) is 12.7. The standard InChI is InChI=1S/C13H18N2O4/c1-2-14-7-8-18-11(9-14)10-19-13-6-4-3-5-12(13)15(16)17/h3-6,11H,2,7-10H2,1H3. The number of likely N-dealkylation sites (N-methyl/N-ethyl adjacent to an activating group) is 1. The highest BCUT2D eigenvalue weighted by Gasteiger charge is 2.21. The van der Waals surface area contributed by atoms with Crippen LogP contribution in [0.3, 0.4) is 0 Å². The molecule has 1 aromatic rings. The lowest BCUT2D eigenvalue weighted by atomic mass is 10.2. The van der Waals surface area contributed by atoms with E-state index in [0.717, 1.165) is 19.6 Å². The first-order valence-corrected chi connectivity index (χ1v) is 6.41. The Balaban J connectivity index is 1.93. The molecular weight excluding hydrogens is 248 g/mol. The van der Waals surface area contributed by atoms with E-state index in [2.05, 4.69) is 11.8 Å². The van der Waals surface area contributed by atoms with E-state index in [4.69, 9.17) is 9.47 Å². The van der Waals surface area contributed by atoms with Crippen LogP contribution in [0.4, 0.5) is 5.69 Å². The van der Waals surface area contributed by atoms with Crippen LogP contribution in [-0.2, 0) is 4.74 Å². The fourth-order valence-corrected chi connectivity index (χ4v) is 2.08. The van der Waals surface area contributed by atoms with Crippen molar-refractivity contribution in [2.24, 2.45) is 0 Å². The monoisotopic (exact) mass is 266 g/mol. The summed E-state index contributed by atoms with van der Waals surface area (Å²) < 4.78 is 11.1. The first-order chi connectivity index (χ1) is 9.20. The van der Waals surface area contributed by atoms with E-state index in [1.165, 1.54) is 6.07 Å². The molecule has 19 heavy (non-hydrogen) atoms. The van der Waals surface area contributed by atoms with Crippen LogP contribution >= 0.6 is 0 Å². The van der Waals surface area contributed by atoms with Gasteiger partial charge in [-0.15, -0.1) is 0 Å².